The van der Waals surface area contributed by atoms with Crippen LogP contribution in [0.3, 0.4) is 0 Å². The van der Waals surface area contributed by atoms with Crippen LogP contribution in [0.2, 0.25) is 0 Å². The molecule has 2 aromatic rings. The fourth-order valence-corrected chi connectivity index (χ4v) is 3.08. The molecule has 1 fully saturated rings. The van der Waals surface area contributed by atoms with Crippen LogP contribution >= 0.6 is 0 Å². The standard InChI is InChI=1S/C16H22N4/c1-12-16(19-15-9-4-3-8-14(15)18-12)20-10-6-5-7-13(20)11-17-2/h3-4,8-9,13,17H,5-7,10-11H2,1-2H3. The van der Waals surface area contributed by atoms with E-state index in [9.17, 15) is 0 Å². The number of hydrogen-bond acceptors (Lipinski definition) is 4. The quantitative estimate of drug-likeness (QED) is 0.930. The minimum Gasteiger partial charge on any atom is -0.351 e. The first-order valence-corrected chi connectivity index (χ1v) is 7.44. The predicted octanol–water partition coefficient (Wildman–Crippen LogP) is 2.52. The maximum absolute atomic E-state index is 4.87. The molecule has 0 spiro atoms. The van der Waals surface area contributed by atoms with Gasteiger partial charge in [-0.15, -0.1) is 0 Å². The topological polar surface area (TPSA) is 41.0 Å². The molecule has 1 unspecified atom stereocenters. The molecule has 1 aliphatic rings. The molecule has 0 amide bonds. The fourth-order valence-electron chi connectivity index (χ4n) is 3.08. The van der Waals surface area contributed by atoms with Crippen molar-refractivity contribution in [1.82, 2.24) is 15.3 Å². The van der Waals surface area contributed by atoms with Gasteiger partial charge >= 0.3 is 0 Å². The van der Waals surface area contributed by atoms with Crippen molar-refractivity contribution in [3.05, 3.63) is 30.0 Å². The summed E-state index contributed by atoms with van der Waals surface area (Å²) in [6.45, 7) is 4.16. The van der Waals surface area contributed by atoms with E-state index in [-0.39, 0.29) is 0 Å². The molecular weight excluding hydrogens is 248 g/mol. The number of aryl methyl sites for hydroxylation is 1. The maximum atomic E-state index is 4.87. The summed E-state index contributed by atoms with van der Waals surface area (Å²) in [6.07, 6.45) is 3.78. The third kappa shape index (κ3) is 2.48. The smallest absolute Gasteiger partial charge is 0.151 e. The summed E-state index contributed by atoms with van der Waals surface area (Å²) in [4.78, 5) is 12.0. The Bertz CT molecular complexity index is 594. The predicted molar refractivity (Wildman–Crippen MR) is 83.2 cm³/mol. The van der Waals surface area contributed by atoms with Crippen LogP contribution in [0.4, 0.5) is 5.82 Å². The zero-order chi connectivity index (χ0) is 13.9. The number of hydrogen-bond donors (Lipinski definition) is 1. The van der Waals surface area contributed by atoms with Crippen LogP contribution in [0.15, 0.2) is 24.3 Å². The molecule has 1 aliphatic heterocycles. The fraction of sp³-hybridized carbons (Fsp3) is 0.500. The van der Waals surface area contributed by atoms with Gasteiger partial charge in [0.1, 0.15) is 0 Å². The second-order valence-electron chi connectivity index (χ2n) is 5.52. The Morgan fingerprint density at radius 3 is 2.70 bits per heavy atom. The number of nitrogens with one attached hydrogen (secondary N) is 1. The lowest BCUT2D eigenvalue weighted by Gasteiger charge is -2.37. The van der Waals surface area contributed by atoms with Crippen molar-refractivity contribution >= 4 is 16.9 Å². The van der Waals surface area contributed by atoms with E-state index in [1.165, 1.54) is 19.3 Å². The van der Waals surface area contributed by atoms with Crippen LogP contribution in [0.5, 0.6) is 0 Å². The summed E-state index contributed by atoms with van der Waals surface area (Å²) in [6, 6.07) is 8.64. The number of aromatic nitrogens is 2. The number of para-hydroxylation sites is 2. The summed E-state index contributed by atoms with van der Waals surface area (Å²) in [5.41, 5.74) is 3.00. The zero-order valence-electron chi connectivity index (χ0n) is 12.3. The van der Waals surface area contributed by atoms with Gasteiger partial charge in [0.05, 0.1) is 16.7 Å². The Balaban J connectivity index is 2.00. The summed E-state index contributed by atoms with van der Waals surface area (Å²) < 4.78 is 0. The van der Waals surface area contributed by atoms with Crippen molar-refractivity contribution in [2.45, 2.75) is 32.2 Å². The number of fused-ring (bicyclic) bond motifs is 1. The first-order chi connectivity index (χ1) is 9.79. The molecule has 0 aliphatic carbocycles. The molecule has 0 bridgehead atoms. The largest absolute Gasteiger partial charge is 0.351 e. The molecule has 1 saturated heterocycles. The van der Waals surface area contributed by atoms with E-state index in [0.717, 1.165) is 35.6 Å². The summed E-state index contributed by atoms with van der Waals surface area (Å²) in [5, 5.41) is 3.30. The Morgan fingerprint density at radius 1 is 1.20 bits per heavy atom. The molecule has 0 saturated carbocycles. The van der Waals surface area contributed by atoms with E-state index in [4.69, 9.17) is 9.97 Å². The van der Waals surface area contributed by atoms with Crippen molar-refractivity contribution < 1.29 is 0 Å². The van der Waals surface area contributed by atoms with Gasteiger partial charge in [0.15, 0.2) is 5.82 Å². The van der Waals surface area contributed by atoms with Gasteiger partial charge in [0.25, 0.3) is 0 Å². The van der Waals surface area contributed by atoms with E-state index in [1.54, 1.807) is 0 Å². The average molecular weight is 270 g/mol. The minimum absolute atomic E-state index is 0.530. The highest BCUT2D eigenvalue weighted by Gasteiger charge is 2.24. The highest BCUT2D eigenvalue weighted by molar-refractivity contribution is 5.76. The van der Waals surface area contributed by atoms with Gasteiger partial charge < -0.3 is 10.2 Å². The number of piperidine rings is 1. The van der Waals surface area contributed by atoms with Crippen LogP contribution in [0.25, 0.3) is 11.0 Å². The number of nitrogens with zero attached hydrogens (tertiary/aromatic N) is 3. The Hall–Kier alpha value is -1.68. The van der Waals surface area contributed by atoms with E-state index < -0.39 is 0 Å². The monoisotopic (exact) mass is 270 g/mol. The van der Waals surface area contributed by atoms with Crippen molar-refractivity contribution in [2.75, 3.05) is 25.0 Å². The van der Waals surface area contributed by atoms with Crippen molar-refractivity contribution in [3.63, 3.8) is 0 Å². The van der Waals surface area contributed by atoms with Crippen LogP contribution in [-0.2, 0) is 0 Å². The van der Waals surface area contributed by atoms with Crippen molar-refractivity contribution in [2.24, 2.45) is 0 Å². The Labute approximate surface area is 120 Å². The Morgan fingerprint density at radius 2 is 1.95 bits per heavy atom. The van der Waals surface area contributed by atoms with E-state index in [0.29, 0.717) is 6.04 Å². The summed E-state index contributed by atoms with van der Waals surface area (Å²) in [7, 11) is 2.02. The maximum Gasteiger partial charge on any atom is 0.151 e. The molecule has 4 heteroatoms. The van der Waals surface area contributed by atoms with Crippen LogP contribution in [-0.4, -0.2) is 36.1 Å². The molecule has 1 atom stereocenters. The van der Waals surface area contributed by atoms with Crippen LogP contribution in [0.1, 0.15) is 25.0 Å². The molecule has 1 N–H and O–H groups in total. The summed E-state index contributed by atoms with van der Waals surface area (Å²) in [5.74, 6) is 1.06. The number of benzene rings is 1. The van der Waals surface area contributed by atoms with E-state index in [1.807, 2.05) is 31.3 Å². The van der Waals surface area contributed by atoms with Gasteiger partial charge in [0, 0.05) is 19.1 Å². The molecule has 1 aromatic heterocycles. The second kappa shape index (κ2) is 5.75. The van der Waals surface area contributed by atoms with E-state index in [2.05, 4.69) is 17.1 Å². The van der Waals surface area contributed by atoms with Gasteiger partial charge in [-0.05, 0) is 45.4 Å². The van der Waals surface area contributed by atoms with Gasteiger partial charge in [-0.3, -0.25) is 0 Å². The van der Waals surface area contributed by atoms with Crippen LogP contribution in [0, 0.1) is 6.92 Å². The lowest BCUT2D eigenvalue weighted by atomic mass is 10.0. The SMILES string of the molecule is CNCC1CCCCN1c1nc2ccccc2nc1C. The number of likely N-dealkylation sites (N-methyl/N-ethyl adjacent to an activating group) is 1. The summed E-state index contributed by atoms with van der Waals surface area (Å²) >= 11 is 0. The molecule has 0 radical (unpaired) electrons. The molecule has 20 heavy (non-hydrogen) atoms. The molecular formula is C16H22N4. The molecule has 106 valence electrons. The third-order valence-corrected chi connectivity index (χ3v) is 4.06. The number of rotatable bonds is 3. The van der Waals surface area contributed by atoms with Crippen molar-refractivity contribution in [3.8, 4) is 0 Å². The first kappa shape index (κ1) is 13.3. The van der Waals surface area contributed by atoms with E-state index >= 15 is 0 Å². The van der Waals surface area contributed by atoms with Crippen molar-refractivity contribution in [1.29, 1.82) is 0 Å². The third-order valence-electron chi connectivity index (χ3n) is 4.06. The van der Waals surface area contributed by atoms with Gasteiger partial charge in [-0.2, -0.15) is 0 Å². The highest BCUT2D eigenvalue weighted by Crippen LogP contribution is 2.26. The van der Waals surface area contributed by atoms with Gasteiger partial charge in [-0.25, -0.2) is 9.97 Å². The first-order valence-electron chi connectivity index (χ1n) is 7.44. The molecule has 2 heterocycles. The van der Waals surface area contributed by atoms with Gasteiger partial charge in [-0.1, -0.05) is 12.1 Å². The Kier molecular flexibility index (Phi) is 3.83. The zero-order valence-corrected chi connectivity index (χ0v) is 12.3. The molecule has 1 aromatic carbocycles. The minimum atomic E-state index is 0.530. The normalized spacial score (nSPS) is 19.5. The molecule has 4 nitrogen and oxygen atoms in total. The lowest BCUT2D eigenvalue weighted by molar-refractivity contribution is 0.443. The average Bonchev–Trinajstić information content (AvgIpc) is 2.48. The second-order valence-corrected chi connectivity index (χ2v) is 5.52. The van der Waals surface area contributed by atoms with Gasteiger partial charge in [0.2, 0.25) is 0 Å². The highest BCUT2D eigenvalue weighted by atomic mass is 15.2. The molecule has 3 rings (SSSR count). The number of anilines is 1. The van der Waals surface area contributed by atoms with Crippen LogP contribution < -0.4 is 10.2 Å². The lowest BCUT2D eigenvalue weighted by Crippen LogP contribution is -2.45.